The lowest BCUT2D eigenvalue weighted by Crippen LogP contribution is -2.33. The molecule has 0 fully saturated rings. The zero-order chi connectivity index (χ0) is 20.0. The first-order chi connectivity index (χ1) is 14.4. The molecule has 1 aliphatic heterocycles. The first-order valence-corrected chi connectivity index (χ1v) is 12.4. The van der Waals surface area contributed by atoms with Crippen LogP contribution in [-0.4, -0.2) is 0 Å². The number of hydrogen-bond acceptors (Lipinski definition) is 0. The first kappa shape index (κ1) is 22.0. The average Bonchev–Trinajstić information content (AvgIpc) is 2.74. The molecular weight excluding hydrogens is 352 g/mol. The lowest BCUT2D eigenvalue weighted by molar-refractivity contribution is -0.697. The summed E-state index contributed by atoms with van der Waals surface area (Å²) in [5.41, 5.74) is 3.02. The number of pyridine rings is 2. The van der Waals surface area contributed by atoms with Crippen molar-refractivity contribution in [1.29, 1.82) is 0 Å². The highest BCUT2D eigenvalue weighted by molar-refractivity contribution is 5.06. The Labute approximate surface area is 179 Å². The number of nitrogens with zero attached hydrogens (tertiary/aromatic N) is 2. The second kappa shape index (κ2) is 13.5. The van der Waals surface area contributed by atoms with Crippen LogP contribution < -0.4 is 9.13 Å². The molecule has 0 saturated heterocycles. The minimum absolute atomic E-state index is 1.18. The predicted molar refractivity (Wildman–Crippen MR) is 121 cm³/mol. The maximum atomic E-state index is 2.41. The molecule has 2 aromatic rings. The van der Waals surface area contributed by atoms with Gasteiger partial charge in [0.05, 0.1) is 0 Å². The Morgan fingerprint density at radius 2 is 0.828 bits per heavy atom. The number of aryl methyl sites for hydroxylation is 4. The summed E-state index contributed by atoms with van der Waals surface area (Å²) in [4.78, 5) is 0. The second-order valence-corrected chi connectivity index (χ2v) is 9.00. The van der Waals surface area contributed by atoms with Crippen LogP contribution in [0.3, 0.4) is 0 Å². The molecule has 0 radical (unpaired) electrons. The highest BCUT2D eigenvalue weighted by atomic mass is 14.9. The van der Waals surface area contributed by atoms with Crippen LogP contribution in [0, 0.1) is 0 Å². The third-order valence-electron chi connectivity index (χ3n) is 6.35. The van der Waals surface area contributed by atoms with Crippen LogP contribution in [0.25, 0.3) is 0 Å². The van der Waals surface area contributed by atoms with Gasteiger partial charge in [-0.3, -0.25) is 0 Å². The fourth-order valence-corrected chi connectivity index (χ4v) is 4.56. The molecule has 3 heterocycles. The van der Waals surface area contributed by atoms with Crippen molar-refractivity contribution in [2.75, 3.05) is 0 Å². The van der Waals surface area contributed by atoms with E-state index in [1.54, 1.807) is 0 Å². The summed E-state index contributed by atoms with van der Waals surface area (Å²) >= 11 is 0. The summed E-state index contributed by atoms with van der Waals surface area (Å²) in [6.07, 6.45) is 29.5. The van der Waals surface area contributed by atoms with Gasteiger partial charge >= 0.3 is 0 Å². The fraction of sp³-hybridized carbons (Fsp3) is 0.630. The molecule has 0 atom stereocenters. The Hall–Kier alpha value is -1.70. The normalized spacial score (nSPS) is 18.8. The SMILES string of the molecule is c1cc2c[n+](c1)CCCCCCCCCCC[n+]1cccc(c1)CCCCCC2. The molecule has 1 aliphatic rings. The quantitative estimate of drug-likeness (QED) is 0.475. The lowest BCUT2D eigenvalue weighted by atomic mass is 10.0. The highest BCUT2D eigenvalue weighted by Crippen LogP contribution is 2.12. The van der Waals surface area contributed by atoms with Crippen molar-refractivity contribution >= 4 is 0 Å². The molecule has 2 nitrogen and oxygen atoms in total. The van der Waals surface area contributed by atoms with Gasteiger partial charge in [-0.05, 0) is 50.7 Å². The van der Waals surface area contributed by atoms with E-state index in [9.17, 15) is 0 Å². The molecule has 2 heteroatoms. The van der Waals surface area contributed by atoms with Crippen molar-refractivity contribution in [3.8, 4) is 0 Å². The minimum atomic E-state index is 1.18. The molecule has 0 saturated carbocycles. The van der Waals surface area contributed by atoms with E-state index < -0.39 is 0 Å². The Kier molecular flexibility index (Phi) is 10.2. The number of aromatic nitrogens is 2. The van der Waals surface area contributed by atoms with Crippen molar-refractivity contribution in [1.82, 2.24) is 0 Å². The van der Waals surface area contributed by atoms with Gasteiger partial charge in [-0.2, -0.15) is 0 Å². The van der Waals surface area contributed by atoms with Crippen molar-refractivity contribution in [2.45, 2.75) is 109 Å². The standard InChI is InChI=1S/C27H42N2/c1-2-4-8-12-20-28-22-14-18-26(24-28)16-10-6-7-11-17-27-19-15-23-29(25-27)21-13-9-5-3-1/h14-15,18-19,22-25H,1-13,16-17,20-21H2/q+2. The van der Waals surface area contributed by atoms with Crippen molar-refractivity contribution in [3.05, 3.63) is 60.2 Å². The zero-order valence-corrected chi connectivity index (χ0v) is 18.5. The van der Waals surface area contributed by atoms with Gasteiger partial charge in [-0.25, -0.2) is 9.13 Å². The molecule has 0 N–H and O–H groups in total. The van der Waals surface area contributed by atoms with Gasteiger partial charge in [-0.15, -0.1) is 0 Å². The van der Waals surface area contributed by atoms with Crippen LogP contribution in [0.5, 0.6) is 0 Å². The summed E-state index contributed by atoms with van der Waals surface area (Å²) in [5.74, 6) is 0. The maximum Gasteiger partial charge on any atom is 0.171 e. The van der Waals surface area contributed by atoms with E-state index in [0.29, 0.717) is 0 Å². The Bertz CT molecular complexity index is 635. The summed E-state index contributed by atoms with van der Waals surface area (Å²) in [7, 11) is 0. The van der Waals surface area contributed by atoms with Gasteiger partial charge in [0.2, 0.25) is 0 Å². The summed E-state index contributed by atoms with van der Waals surface area (Å²) in [6, 6.07) is 9.09. The average molecular weight is 395 g/mol. The van der Waals surface area contributed by atoms with Gasteiger partial charge in [0.15, 0.2) is 24.8 Å². The minimum Gasteiger partial charge on any atom is -0.205 e. The lowest BCUT2D eigenvalue weighted by Gasteiger charge is -2.03. The third kappa shape index (κ3) is 9.10. The van der Waals surface area contributed by atoms with Crippen LogP contribution in [-0.2, 0) is 25.9 Å². The van der Waals surface area contributed by atoms with Gasteiger partial charge in [0.25, 0.3) is 0 Å². The first-order valence-electron chi connectivity index (χ1n) is 12.4. The molecule has 29 heavy (non-hydrogen) atoms. The van der Waals surface area contributed by atoms with Crippen LogP contribution in [0.4, 0.5) is 0 Å². The number of fused-ring (bicyclic) bond motifs is 4. The van der Waals surface area contributed by atoms with E-state index in [1.807, 2.05) is 0 Å². The smallest absolute Gasteiger partial charge is 0.171 e. The Morgan fingerprint density at radius 1 is 0.448 bits per heavy atom. The van der Waals surface area contributed by atoms with Crippen LogP contribution in [0.2, 0.25) is 0 Å². The maximum absolute atomic E-state index is 2.41. The van der Waals surface area contributed by atoms with E-state index in [4.69, 9.17) is 0 Å². The number of hydrogen-bond donors (Lipinski definition) is 0. The second-order valence-electron chi connectivity index (χ2n) is 9.00. The van der Waals surface area contributed by atoms with E-state index in [-0.39, 0.29) is 0 Å². The van der Waals surface area contributed by atoms with Crippen molar-refractivity contribution in [2.24, 2.45) is 0 Å². The zero-order valence-electron chi connectivity index (χ0n) is 18.5. The van der Waals surface area contributed by atoms with Gasteiger partial charge in [0, 0.05) is 36.1 Å². The van der Waals surface area contributed by atoms with Crippen molar-refractivity contribution < 1.29 is 9.13 Å². The van der Waals surface area contributed by atoms with Crippen LogP contribution in [0.1, 0.15) is 94.6 Å². The van der Waals surface area contributed by atoms with Crippen LogP contribution in [0.15, 0.2) is 49.1 Å². The van der Waals surface area contributed by atoms with Crippen LogP contribution >= 0.6 is 0 Å². The van der Waals surface area contributed by atoms with E-state index in [2.05, 4.69) is 58.2 Å². The largest absolute Gasteiger partial charge is 0.205 e. The molecule has 158 valence electrons. The predicted octanol–water partition coefficient (Wildman–Crippen LogP) is 6.13. The summed E-state index contributed by atoms with van der Waals surface area (Å²) < 4.78 is 4.82. The number of rotatable bonds is 0. The molecule has 4 bridgehead atoms. The van der Waals surface area contributed by atoms with Gasteiger partial charge in [-0.1, -0.05) is 44.9 Å². The molecule has 0 unspecified atom stereocenters. The molecule has 0 aromatic carbocycles. The van der Waals surface area contributed by atoms with E-state index in [1.165, 1.54) is 121 Å². The Balaban J connectivity index is 1.49. The third-order valence-corrected chi connectivity index (χ3v) is 6.35. The van der Waals surface area contributed by atoms with E-state index >= 15 is 0 Å². The molecule has 2 aromatic heterocycles. The highest BCUT2D eigenvalue weighted by Gasteiger charge is 2.05. The van der Waals surface area contributed by atoms with Crippen molar-refractivity contribution in [3.63, 3.8) is 0 Å². The monoisotopic (exact) mass is 394 g/mol. The molecule has 0 amide bonds. The van der Waals surface area contributed by atoms with E-state index in [0.717, 1.165) is 0 Å². The molecular formula is C27H42N2+2. The molecule has 0 aliphatic carbocycles. The summed E-state index contributed by atoms with van der Waals surface area (Å²) in [5, 5.41) is 0. The fourth-order valence-electron chi connectivity index (χ4n) is 4.56. The van der Waals surface area contributed by atoms with Gasteiger partial charge < -0.3 is 0 Å². The molecule has 0 spiro atoms. The Morgan fingerprint density at radius 3 is 1.28 bits per heavy atom. The van der Waals surface area contributed by atoms with Gasteiger partial charge in [0.1, 0.15) is 13.1 Å². The summed E-state index contributed by atoms with van der Waals surface area (Å²) in [6.45, 7) is 2.37. The topological polar surface area (TPSA) is 7.76 Å². The molecule has 3 rings (SSSR count).